The van der Waals surface area contributed by atoms with Crippen LogP contribution in [0.4, 0.5) is 5.69 Å². The lowest BCUT2D eigenvalue weighted by Crippen LogP contribution is -2.32. The molecular formula is C14H15NO4. The fourth-order valence-corrected chi connectivity index (χ4v) is 2.07. The number of rotatable bonds is 2. The Kier molecular flexibility index (Phi) is 3.14. The molecule has 0 spiro atoms. The van der Waals surface area contributed by atoms with Gasteiger partial charge in [-0.3, -0.25) is 14.5 Å². The zero-order valence-corrected chi connectivity index (χ0v) is 11.1. The molecule has 1 aliphatic heterocycles. The van der Waals surface area contributed by atoms with Gasteiger partial charge in [0.05, 0.1) is 23.8 Å². The Hall–Kier alpha value is -2.17. The van der Waals surface area contributed by atoms with Gasteiger partial charge in [0, 0.05) is 6.42 Å². The molecule has 0 atom stereocenters. The predicted molar refractivity (Wildman–Crippen MR) is 68.7 cm³/mol. The van der Waals surface area contributed by atoms with Crippen molar-refractivity contribution in [1.29, 1.82) is 0 Å². The molecule has 1 saturated heterocycles. The number of carbonyl (C=O) groups excluding carboxylic acids is 3. The molecule has 1 aliphatic rings. The van der Waals surface area contributed by atoms with Gasteiger partial charge in [0.25, 0.3) is 0 Å². The lowest BCUT2D eigenvalue weighted by molar-refractivity contribution is -0.124. The second-order valence-corrected chi connectivity index (χ2v) is 5.13. The van der Waals surface area contributed by atoms with Crippen molar-refractivity contribution in [3.63, 3.8) is 0 Å². The minimum Gasteiger partial charge on any atom is -0.465 e. The van der Waals surface area contributed by atoms with Crippen LogP contribution in [-0.4, -0.2) is 24.9 Å². The normalized spacial score (nSPS) is 17.7. The van der Waals surface area contributed by atoms with Crippen molar-refractivity contribution >= 4 is 23.5 Å². The number of anilines is 1. The Labute approximate surface area is 111 Å². The smallest absolute Gasteiger partial charge is 0.337 e. The fraction of sp³-hybridized carbons (Fsp3) is 0.357. The molecule has 2 rings (SSSR count). The SMILES string of the molecule is COC(=O)c1ccc(N2C(=O)CC(C)(C)C2=O)cc1. The van der Waals surface area contributed by atoms with Gasteiger partial charge in [-0.05, 0) is 24.3 Å². The Bertz CT molecular complexity index is 545. The van der Waals surface area contributed by atoms with E-state index in [2.05, 4.69) is 4.74 Å². The maximum absolute atomic E-state index is 12.1. The first-order valence-corrected chi connectivity index (χ1v) is 5.92. The first-order valence-electron chi connectivity index (χ1n) is 5.92. The minimum absolute atomic E-state index is 0.199. The standard InChI is InChI=1S/C14H15NO4/c1-14(2)8-11(16)15(13(14)18)10-6-4-9(5-7-10)12(17)19-3/h4-7H,8H2,1-3H3. The van der Waals surface area contributed by atoms with E-state index in [1.807, 2.05) is 0 Å². The van der Waals surface area contributed by atoms with Gasteiger partial charge in [0.1, 0.15) is 0 Å². The number of esters is 1. The highest BCUT2D eigenvalue weighted by Gasteiger charge is 2.45. The van der Waals surface area contributed by atoms with E-state index in [4.69, 9.17) is 0 Å². The number of imide groups is 1. The second kappa shape index (κ2) is 4.50. The summed E-state index contributed by atoms with van der Waals surface area (Å²) >= 11 is 0. The van der Waals surface area contributed by atoms with Crippen molar-refractivity contribution in [2.45, 2.75) is 20.3 Å². The first-order chi connectivity index (χ1) is 8.86. The van der Waals surface area contributed by atoms with Gasteiger partial charge >= 0.3 is 5.97 Å². The monoisotopic (exact) mass is 261 g/mol. The van der Waals surface area contributed by atoms with E-state index in [1.165, 1.54) is 24.1 Å². The minimum atomic E-state index is -0.669. The van der Waals surface area contributed by atoms with Gasteiger partial charge in [-0.1, -0.05) is 13.8 Å². The lowest BCUT2D eigenvalue weighted by Gasteiger charge is -2.17. The van der Waals surface area contributed by atoms with Gasteiger partial charge in [-0.2, -0.15) is 0 Å². The molecule has 1 fully saturated rings. The number of benzene rings is 1. The number of carbonyl (C=O) groups is 3. The number of methoxy groups -OCH3 is 1. The van der Waals surface area contributed by atoms with Crippen LogP contribution in [0.5, 0.6) is 0 Å². The summed E-state index contributed by atoms with van der Waals surface area (Å²) in [5.41, 5.74) is 0.191. The molecule has 2 amide bonds. The van der Waals surface area contributed by atoms with E-state index in [0.717, 1.165) is 0 Å². The summed E-state index contributed by atoms with van der Waals surface area (Å²) in [4.78, 5) is 36.5. The quantitative estimate of drug-likeness (QED) is 0.601. The zero-order chi connectivity index (χ0) is 14.2. The molecule has 19 heavy (non-hydrogen) atoms. The second-order valence-electron chi connectivity index (χ2n) is 5.13. The molecule has 100 valence electrons. The van der Waals surface area contributed by atoms with Crippen LogP contribution in [0.3, 0.4) is 0 Å². The van der Waals surface area contributed by atoms with Crippen molar-refractivity contribution < 1.29 is 19.1 Å². The van der Waals surface area contributed by atoms with Crippen LogP contribution in [-0.2, 0) is 14.3 Å². The fourth-order valence-electron chi connectivity index (χ4n) is 2.07. The number of nitrogens with zero attached hydrogens (tertiary/aromatic N) is 1. The maximum Gasteiger partial charge on any atom is 0.337 e. The van der Waals surface area contributed by atoms with Crippen molar-refractivity contribution in [3.05, 3.63) is 29.8 Å². The van der Waals surface area contributed by atoms with Crippen LogP contribution in [0.25, 0.3) is 0 Å². The summed E-state index contributed by atoms with van der Waals surface area (Å²) < 4.78 is 4.59. The van der Waals surface area contributed by atoms with E-state index in [1.54, 1.807) is 26.0 Å². The molecular weight excluding hydrogens is 246 g/mol. The molecule has 5 nitrogen and oxygen atoms in total. The molecule has 1 aromatic rings. The van der Waals surface area contributed by atoms with Crippen LogP contribution in [0, 0.1) is 5.41 Å². The summed E-state index contributed by atoms with van der Waals surface area (Å²) in [7, 11) is 1.30. The topological polar surface area (TPSA) is 63.7 Å². The summed E-state index contributed by atoms with van der Waals surface area (Å²) in [5, 5.41) is 0. The molecule has 0 unspecified atom stereocenters. The Morgan fingerprint density at radius 3 is 2.21 bits per heavy atom. The molecule has 5 heteroatoms. The summed E-state index contributed by atoms with van der Waals surface area (Å²) in [6, 6.07) is 6.22. The molecule has 0 N–H and O–H groups in total. The zero-order valence-electron chi connectivity index (χ0n) is 11.1. The van der Waals surface area contributed by atoms with E-state index in [-0.39, 0.29) is 18.2 Å². The average Bonchev–Trinajstić information content (AvgIpc) is 2.58. The van der Waals surface area contributed by atoms with Crippen molar-refractivity contribution in [2.24, 2.45) is 5.41 Å². The van der Waals surface area contributed by atoms with Crippen LogP contribution < -0.4 is 4.90 Å². The Balaban J connectivity index is 2.31. The van der Waals surface area contributed by atoms with Gasteiger partial charge < -0.3 is 4.74 Å². The van der Waals surface area contributed by atoms with E-state index < -0.39 is 11.4 Å². The number of hydrogen-bond acceptors (Lipinski definition) is 4. The highest BCUT2D eigenvalue weighted by Crippen LogP contribution is 2.34. The number of ether oxygens (including phenoxy) is 1. The van der Waals surface area contributed by atoms with Crippen LogP contribution in [0.15, 0.2) is 24.3 Å². The van der Waals surface area contributed by atoms with Crippen LogP contribution >= 0.6 is 0 Å². The van der Waals surface area contributed by atoms with Crippen molar-refractivity contribution in [3.8, 4) is 0 Å². The van der Waals surface area contributed by atoms with E-state index >= 15 is 0 Å². The van der Waals surface area contributed by atoms with Crippen molar-refractivity contribution in [1.82, 2.24) is 0 Å². The maximum atomic E-state index is 12.1. The van der Waals surface area contributed by atoms with E-state index in [0.29, 0.717) is 11.3 Å². The third-order valence-electron chi connectivity index (χ3n) is 3.17. The Morgan fingerprint density at radius 1 is 1.21 bits per heavy atom. The van der Waals surface area contributed by atoms with Crippen molar-refractivity contribution in [2.75, 3.05) is 12.0 Å². The predicted octanol–water partition coefficient (Wildman–Crippen LogP) is 1.76. The molecule has 0 aromatic heterocycles. The van der Waals surface area contributed by atoms with Crippen LogP contribution in [0.1, 0.15) is 30.6 Å². The van der Waals surface area contributed by atoms with Gasteiger partial charge in [0.15, 0.2) is 0 Å². The third kappa shape index (κ3) is 2.23. The summed E-state index contributed by atoms with van der Waals surface area (Å²) in [6.45, 7) is 3.49. The Morgan fingerprint density at radius 2 is 1.79 bits per heavy atom. The molecule has 0 aliphatic carbocycles. The molecule has 0 bridgehead atoms. The third-order valence-corrected chi connectivity index (χ3v) is 3.17. The first kappa shape index (κ1) is 13.3. The summed E-state index contributed by atoms with van der Waals surface area (Å²) in [6.07, 6.45) is 0.199. The largest absolute Gasteiger partial charge is 0.465 e. The molecule has 0 saturated carbocycles. The van der Waals surface area contributed by atoms with Gasteiger partial charge in [0.2, 0.25) is 11.8 Å². The summed E-state index contributed by atoms with van der Waals surface area (Å²) in [5.74, 6) is -0.893. The van der Waals surface area contributed by atoms with E-state index in [9.17, 15) is 14.4 Å². The van der Waals surface area contributed by atoms with Crippen LogP contribution in [0.2, 0.25) is 0 Å². The van der Waals surface area contributed by atoms with Gasteiger partial charge in [-0.25, -0.2) is 4.79 Å². The highest BCUT2D eigenvalue weighted by atomic mass is 16.5. The van der Waals surface area contributed by atoms with Gasteiger partial charge in [-0.15, -0.1) is 0 Å². The number of amides is 2. The molecule has 1 aromatic carbocycles. The lowest BCUT2D eigenvalue weighted by atomic mass is 9.92. The molecule has 0 radical (unpaired) electrons. The highest BCUT2D eigenvalue weighted by molar-refractivity contribution is 6.22. The average molecular weight is 261 g/mol. The molecule has 1 heterocycles. The number of hydrogen-bond donors (Lipinski definition) is 0.